The highest BCUT2D eigenvalue weighted by atomic mass is 32.1. The van der Waals surface area contributed by atoms with E-state index in [-0.39, 0.29) is 23.1 Å². The second-order valence-electron chi connectivity index (χ2n) is 4.93. The van der Waals surface area contributed by atoms with Gasteiger partial charge in [0.05, 0.1) is 18.0 Å². The van der Waals surface area contributed by atoms with Gasteiger partial charge in [-0.05, 0) is 13.8 Å². The molecule has 0 radical (unpaired) electrons. The number of aromatic nitrogens is 2. The average molecular weight is 306 g/mol. The third kappa shape index (κ3) is 2.23. The van der Waals surface area contributed by atoms with E-state index in [2.05, 4.69) is 4.98 Å². The van der Waals surface area contributed by atoms with E-state index in [1.165, 1.54) is 12.3 Å². The van der Waals surface area contributed by atoms with Crippen molar-refractivity contribution < 1.29 is 9.53 Å². The van der Waals surface area contributed by atoms with Gasteiger partial charge in [-0.3, -0.25) is 9.59 Å². The molecular weight excluding hydrogens is 292 g/mol. The van der Waals surface area contributed by atoms with Crippen LogP contribution in [0.2, 0.25) is 0 Å². The Balaban J connectivity index is 2.20. The first kappa shape index (κ1) is 13.8. The molecule has 1 aliphatic heterocycles. The Labute approximate surface area is 124 Å². The number of rotatable bonds is 2. The van der Waals surface area contributed by atoms with Gasteiger partial charge >= 0.3 is 10.8 Å². The maximum atomic E-state index is 12.1. The van der Waals surface area contributed by atoms with Crippen LogP contribution in [0, 0.1) is 0 Å². The molecule has 7 heteroatoms. The van der Waals surface area contributed by atoms with E-state index in [1.54, 1.807) is 6.92 Å². The fraction of sp³-hybridized carbons (Fsp3) is 0.357. The van der Waals surface area contributed by atoms with Crippen molar-refractivity contribution in [1.29, 1.82) is 0 Å². The maximum absolute atomic E-state index is 12.1. The zero-order valence-electron chi connectivity index (χ0n) is 11.6. The Morgan fingerprint density at radius 3 is 3.00 bits per heavy atom. The fourth-order valence-electron chi connectivity index (χ4n) is 2.55. The van der Waals surface area contributed by atoms with Crippen LogP contribution in [0.4, 0.5) is 0 Å². The van der Waals surface area contributed by atoms with Crippen LogP contribution >= 0.6 is 11.3 Å². The molecule has 0 spiro atoms. The molecule has 1 aliphatic rings. The summed E-state index contributed by atoms with van der Waals surface area (Å²) < 4.78 is 6.75. The van der Waals surface area contributed by atoms with Gasteiger partial charge in [0.2, 0.25) is 0 Å². The summed E-state index contributed by atoms with van der Waals surface area (Å²) in [6.45, 7) is 3.90. The SMILES string of the molecule is CCOC(=O)c1cn2c(cc1=O)-c1[nH]c(=O)sc1CC2C. The number of ether oxygens (including phenoxy) is 1. The lowest BCUT2D eigenvalue weighted by Gasteiger charge is -2.25. The standard InChI is InChI=1S/C14H14N2O4S/c1-3-20-13(18)8-6-16-7(2)4-11-12(15-14(19)21-11)9(16)5-10(8)17/h5-7H,3-4H2,1-2H3,(H,15,19). The van der Waals surface area contributed by atoms with Crippen LogP contribution in [0.15, 0.2) is 21.9 Å². The lowest BCUT2D eigenvalue weighted by Crippen LogP contribution is -2.24. The summed E-state index contributed by atoms with van der Waals surface area (Å²) in [5.41, 5.74) is 0.941. The lowest BCUT2D eigenvalue weighted by atomic mass is 10.0. The monoisotopic (exact) mass is 306 g/mol. The van der Waals surface area contributed by atoms with E-state index in [4.69, 9.17) is 4.74 Å². The summed E-state index contributed by atoms with van der Waals surface area (Å²) in [4.78, 5) is 39.0. The van der Waals surface area contributed by atoms with Crippen LogP contribution in [0.5, 0.6) is 0 Å². The molecule has 0 aliphatic carbocycles. The van der Waals surface area contributed by atoms with Crippen LogP contribution in [-0.2, 0) is 11.2 Å². The first-order valence-electron chi connectivity index (χ1n) is 6.67. The third-order valence-electron chi connectivity index (χ3n) is 3.51. The Morgan fingerprint density at radius 1 is 1.52 bits per heavy atom. The maximum Gasteiger partial charge on any atom is 0.343 e. The number of H-pyrrole nitrogens is 1. The second-order valence-corrected chi connectivity index (χ2v) is 6.00. The molecule has 1 N–H and O–H groups in total. The molecule has 0 fully saturated rings. The number of fused-ring (bicyclic) bond motifs is 3. The molecule has 0 amide bonds. The summed E-state index contributed by atoms with van der Waals surface area (Å²) in [5, 5.41) is 0. The van der Waals surface area contributed by atoms with Gasteiger partial charge in [-0.15, -0.1) is 0 Å². The molecule has 2 aromatic heterocycles. The van der Waals surface area contributed by atoms with Crippen LogP contribution < -0.4 is 10.3 Å². The summed E-state index contributed by atoms with van der Waals surface area (Å²) in [5.74, 6) is -0.616. The Morgan fingerprint density at radius 2 is 2.29 bits per heavy atom. The van der Waals surface area contributed by atoms with Crippen LogP contribution in [0.3, 0.4) is 0 Å². The van der Waals surface area contributed by atoms with Gasteiger partial charge in [0.25, 0.3) is 0 Å². The predicted octanol–water partition coefficient (Wildman–Crippen LogP) is 1.56. The largest absolute Gasteiger partial charge is 0.462 e. The smallest absolute Gasteiger partial charge is 0.343 e. The van der Waals surface area contributed by atoms with Crippen LogP contribution in [0.1, 0.15) is 35.1 Å². The number of hydrogen-bond donors (Lipinski definition) is 1. The molecule has 0 saturated carbocycles. The molecule has 2 aromatic rings. The van der Waals surface area contributed by atoms with Crippen LogP contribution in [-0.4, -0.2) is 22.1 Å². The first-order valence-corrected chi connectivity index (χ1v) is 7.48. The zero-order valence-corrected chi connectivity index (χ0v) is 12.5. The molecule has 21 heavy (non-hydrogen) atoms. The second kappa shape index (κ2) is 5.00. The van der Waals surface area contributed by atoms with Gasteiger partial charge in [-0.2, -0.15) is 0 Å². The molecule has 3 heterocycles. The highest BCUT2D eigenvalue weighted by Crippen LogP contribution is 2.33. The van der Waals surface area contributed by atoms with E-state index >= 15 is 0 Å². The number of thiazole rings is 1. The number of esters is 1. The van der Waals surface area contributed by atoms with Crippen molar-refractivity contribution in [3.8, 4) is 11.4 Å². The Kier molecular flexibility index (Phi) is 3.29. The molecule has 0 bridgehead atoms. The number of carbonyl (C=O) groups is 1. The first-order chi connectivity index (χ1) is 10.0. The van der Waals surface area contributed by atoms with Gasteiger partial charge in [0.15, 0.2) is 5.43 Å². The summed E-state index contributed by atoms with van der Waals surface area (Å²) >= 11 is 1.16. The molecule has 0 saturated heterocycles. The minimum absolute atomic E-state index is 0.0217. The molecule has 3 rings (SSSR count). The number of nitrogens with one attached hydrogen (secondary N) is 1. The Hall–Kier alpha value is -2.15. The third-order valence-corrected chi connectivity index (χ3v) is 4.41. The van der Waals surface area contributed by atoms with Crippen molar-refractivity contribution in [2.24, 2.45) is 0 Å². The number of nitrogens with zero attached hydrogens (tertiary/aromatic N) is 1. The van der Waals surface area contributed by atoms with Gasteiger partial charge < -0.3 is 14.3 Å². The van der Waals surface area contributed by atoms with E-state index in [0.29, 0.717) is 17.8 Å². The molecule has 1 atom stereocenters. The zero-order chi connectivity index (χ0) is 15.1. The highest BCUT2D eigenvalue weighted by molar-refractivity contribution is 7.09. The van der Waals surface area contributed by atoms with Crippen molar-refractivity contribution in [3.05, 3.63) is 42.6 Å². The molecule has 6 nitrogen and oxygen atoms in total. The van der Waals surface area contributed by atoms with Gasteiger partial charge in [0, 0.05) is 29.6 Å². The number of pyridine rings is 1. The minimum atomic E-state index is -0.616. The summed E-state index contributed by atoms with van der Waals surface area (Å²) in [7, 11) is 0. The normalized spacial score (nSPS) is 16.2. The molecule has 110 valence electrons. The number of carbonyl (C=O) groups excluding carboxylic acids is 1. The van der Waals surface area contributed by atoms with E-state index in [0.717, 1.165) is 16.2 Å². The molecular formula is C14H14N2O4S. The molecule has 0 aromatic carbocycles. The lowest BCUT2D eigenvalue weighted by molar-refractivity contribution is 0.0523. The van der Waals surface area contributed by atoms with Gasteiger partial charge in [-0.1, -0.05) is 11.3 Å². The topological polar surface area (TPSA) is 81.2 Å². The molecule has 1 unspecified atom stereocenters. The fourth-order valence-corrected chi connectivity index (χ4v) is 3.51. The van der Waals surface area contributed by atoms with Crippen LogP contribution in [0.25, 0.3) is 11.4 Å². The minimum Gasteiger partial charge on any atom is -0.462 e. The van der Waals surface area contributed by atoms with Crippen molar-refractivity contribution >= 4 is 17.3 Å². The quantitative estimate of drug-likeness (QED) is 0.854. The predicted molar refractivity (Wildman–Crippen MR) is 79.0 cm³/mol. The van der Waals surface area contributed by atoms with Gasteiger partial charge in [-0.25, -0.2) is 4.79 Å². The van der Waals surface area contributed by atoms with Crippen molar-refractivity contribution in [1.82, 2.24) is 9.55 Å². The average Bonchev–Trinajstić information content (AvgIpc) is 2.79. The van der Waals surface area contributed by atoms with Crippen molar-refractivity contribution in [2.45, 2.75) is 26.3 Å². The summed E-state index contributed by atoms with van der Waals surface area (Å²) in [6.07, 6.45) is 2.22. The Bertz CT molecular complexity index is 830. The van der Waals surface area contributed by atoms with E-state index in [1.807, 2.05) is 11.5 Å². The highest BCUT2D eigenvalue weighted by Gasteiger charge is 2.26. The number of hydrogen-bond acceptors (Lipinski definition) is 5. The van der Waals surface area contributed by atoms with Crippen molar-refractivity contribution in [2.75, 3.05) is 6.61 Å². The van der Waals surface area contributed by atoms with Crippen molar-refractivity contribution in [3.63, 3.8) is 0 Å². The number of aromatic amines is 1. The van der Waals surface area contributed by atoms with Gasteiger partial charge in [0.1, 0.15) is 5.56 Å². The van der Waals surface area contributed by atoms with E-state index in [9.17, 15) is 14.4 Å². The summed E-state index contributed by atoms with van der Waals surface area (Å²) in [6, 6.07) is 1.45. The van der Waals surface area contributed by atoms with E-state index < -0.39 is 11.4 Å².